The number of hydrogen-bond donors (Lipinski definition) is 0. The van der Waals surface area contributed by atoms with Crippen molar-refractivity contribution < 1.29 is 9.53 Å². The predicted molar refractivity (Wildman–Crippen MR) is 111 cm³/mol. The van der Waals surface area contributed by atoms with Crippen LogP contribution in [0.15, 0.2) is 53.5 Å². The maximum atomic E-state index is 12.6. The Bertz CT molecular complexity index is 906. The SMILES string of the molecule is CC(C)(C)CC(=O)N1CCN(C2=Nc3ccccc3Oc3ccccc32)CC1. The van der Waals surface area contributed by atoms with Crippen LogP contribution in [-0.4, -0.2) is 47.7 Å². The van der Waals surface area contributed by atoms with Crippen molar-refractivity contribution in [2.45, 2.75) is 27.2 Å². The predicted octanol–water partition coefficient (Wildman–Crippen LogP) is 4.45. The van der Waals surface area contributed by atoms with E-state index in [1.807, 2.05) is 47.4 Å². The lowest BCUT2D eigenvalue weighted by atomic mass is 9.91. The topological polar surface area (TPSA) is 45.1 Å². The first-order valence-corrected chi connectivity index (χ1v) is 9.88. The molecule has 5 heteroatoms. The lowest BCUT2D eigenvalue weighted by Gasteiger charge is -2.37. The molecule has 0 unspecified atom stereocenters. The van der Waals surface area contributed by atoms with Gasteiger partial charge in [0.25, 0.3) is 0 Å². The zero-order valence-electron chi connectivity index (χ0n) is 16.8. The number of carbonyl (C=O) groups is 1. The van der Waals surface area contributed by atoms with Crippen LogP contribution in [0.3, 0.4) is 0 Å². The summed E-state index contributed by atoms with van der Waals surface area (Å²) in [5.41, 5.74) is 1.84. The van der Waals surface area contributed by atoms with Crippen LogP contribution in [0.2, 0.25) is 0 Å². The lowest BCUT2D eigenvalue weighted by molar-refractivity contribution is -0.134. The number of fused-ring (bicyclic) bond motifs is 2. The quantitative estimate of drug-likeness (QED) is 0.737. The number of ether oxygens (including phenoxy) is 1. The molecule has 0 atom stereocenters. The maximum absolute atomic E-state index is 12.6. The Hall–Kier alpha value is -2.82. The Morgan fingerprint density at radius 2 is 1.61 bits per heavy atom. The Balaban J connectivity index is 1.57. The molecule has 0 bridgehead atoms. The summed E-state index contributed by atoms with van der Waals surface area (Å²) in [5.74, 6) is 2.74. The summed E-state index contributed by atoms with van der Waals surface area (Å²) in [6.45, 7) is 9.30. The summed E-state index contributed by atoms with van der Waals surface area (Å²) in [7, 11) is 0. The average molecular weight is 377 g/mol. The van der Waals surface area contributed by atoms with Crippen molar-refractivity contribution in [1.82, 2.24) is 9.80 Å². The number of amides is 1. The molecule has 0 aliphatic carbocycles. The highest BCUT2D eigenvalue weighted by atomic mass is 16.5. The summed E-state index contributed by atoms with van der Waals surface area (Å²) >= 11 is 0. The van der Waals surface area contributed by atoms with Gasteiger partial charge in [-0.3, -0.25) is 4.79 Å². The highest BCUT2D eigenvalue weighted by molar-refractivity contribution is 6.03. The fourth-order valence-electron chi connectivity index (χ4n) is 3.64. The van der Waals surface area contributed by atoms with E-state index in [0.717, 1.165) is 54.8 Å². The monoisotopic (exact) mass is 377 g/mol. The van der Waals surface area contributed by atoms with Crippen LogP contribution in [-0.2, 0) is 4.79 Å². The molecule has 1 amide bonds. The largest absolute Gasteiger partial charge is 0.454 e. The fourth-order valence-corrected chi connectivity index (χ4v) is 3.64. The van der Waals surface area contributed by atoms with Crippen molar-refractivity contribution in [3.05, 3.63) is 54.1 Å². The van der Waals surface area contributed by atoms with Crippen LogP contribution < -0.4 is 4.74 Å². The van der Waals surface area contributed by atoms with Crippen molar-refractivity contribution in [2.24, 2.45) is 10.4 Å². The minimum atomic E-state index is 0.0135. The molecule has 0 spiro atoms. The minimum Gasteiger partial charge on any atom is -0.454 e. The molecule has 0 aromatic heterocycles. The Labute approximate surface area is 166 Å². The van der Waals surface area contributed by atoms with E-state index < -0.39 is 0 Å². The molecule has 2 aliphatic heterocycles. The summed E-state index contributed by atoms with van der Waals surface area (Å²) in [5, 5.41) is 0. The highest BCUT2D eigenvalue weighted by Gasteiger charge is 2.28. The number of nitrogens with zero attached hydrogens (tertiary/aromatic N) is 3. The molecule has 0 N–H and O–H groups in total. The van der Waals surface area contributed by atoms with Gasteiger partial charge in [-0.2, -0.15) is 0 Å². The van der Waals surface area contributed by atoms with Gasteiger partial charge in [0.1, 0.15) is 17.3 Å². The Morgan fingerprint density at radius 1 is 0.964 bits per heavy atom. The van der Waals surface area contributed by atoms with Crippen molar-refractivity contribution in [2.75, 3.05) is 26.2 Å². The number of amidine groups is 1. The number of benzene rings is 2. The van der Waals surface area contributed by atoms with Gasteiger partial charge in [0.15, 0.2) is 5.75 Å². The first-order chi connectivity index (χ1) is 13.4. The number of piperazine rings is 1. The fraction of sp³-hybridized carbons (Fsp3) is 0.391. The smallest absolute Gasteiger partial charge is 0.223 e. The number of para-hydroxylation sites is 3. The van der Waals surface area contributed by atoms with Crippen molar-refractivity contribution in [3.8, 4) is 11.5 Å². The van der Waals surface area contributed by atoms with Crippen LogP contribution in [0.4, 0.5) is 5.69 Å². The molecule has 1 fully saturated rings. The zero-order valence-corrected chi connectivity index (χ0v) is 16.8. The molecule has 146 valence electrons. The third-order valence-electron chi connectivity index (χ3n) is 5.05. The van der Waals surface area contributed by atoms with Gasteiger partial charge in [0.05, 0.1) is 5.56 Å². The second-order valence-corrected chi connectivity index (χ2v) is 8.61. The van der Waals surface area contributed by atoms with Gasteiger partial charge in [-0.1, -0.05) is 45.0 Å². The summed E-state index contributed by atoms with van der Waals surface area (Å²) in [6, 6.07) is 15.9. The standard InChI is InChI=1S/C23H27N3O2/c1-23(2,3)16-21(27)25-12-14-26(15-13-25)22-17-8-4-6-10-19(17)28-20-11-7-5-9-18(20)24-22/h4-11H,12-16H2,1-3H3. The first-order valence-electron chi connectivity index (χ1n) is 9.88. The van der Waals surface area contributed by atoms with Gasteiger partial charge in [-0.15, -0.1) is 0 Å². The van der Waals surface area contributed by atoms with Crippen molar-refractivity contribution in [3.63, 3.8) is 0 Å². The molecule has 1 saturated heterocycles. The third-order valence-corrected chi connectivity index (χ3v) is 5.05. The highest BCUT2D eigenvalue weighted by Crippen LogP contribution is 2.37. The van der Waals surface area contributed by atoms with E-state index in [9.17, 15) is 4.79 Å². The van der Waals surface area contributed by atoms with E-state index in [1.165, 1.54) is 0 Å². The molecule has 5 nitrogen and oxygen atoms in total. The molecular formula is C23H27N3O2. The second kappa shape index (κ2) is 7.30. The van der Waals surface area contributed by atoms with E-state index in [0.29, 0.717) is 6.42 Å². The molecule has 2 aromatic rings. The number of carbonyl (C=O) groups excluding carboxylic acids is 1. The van der Waals surface area contributed by atoms with E-state index in [1.54, 1.807) is 0 Å². The van der Waals surface area contributed by atoms with E-state index in [-0.39, 0.29) is 11.3 Å². The van der Waals surface area contributed by atoms with Crippen LogP contribution >= 0.6 is 0 Å². The first kappa shape index (κ1) is 18.5. The summed E-state index contributed by atoms with van der Waals surface area (Å²) in [6.07, 6.45) is 0.581. The Morgan fingerprint density at radius 3 is 2.32 bits per heavy atom. The van der Waals surface area contributed by atoms with Crippen molar-refractivity contribution in [1.29, 1.82) is 0 Å². The van der Waals surface area contributed by atoms with Crippen LogP contribution in [0.25, 0.3) is 0 Å². The van der Waals surface area contributed by atoms with Crippen molar-refractivity contribution >= 4 is 17.4 Å². The van der Waals surface area contributed by atoms with Crippen LogP contribution in [0, 0.1) is 5.41 Å². The van der Waals surface area contributed by atoms with E-state index in [4.69, 9.17) is 9.73 Å². The lowest BCUT2D eigenvalue weighted by Crippen LogP contribution is -2.51. The van der Waals surface area contributed by atoms with Gasteiger partial charge in [-0.05, 0) is 29.7 Å². The molecule has 28 heavy (non-hydrogen) atoms. The van der Waals surface area contributed by atoms with E-state index in [2.05, 4.69) is 31.7 Å². The molecule has 2 aromatic carbocycles. The van der Waals surface area contributed by atoms with Gasteiger partial charge in [0.2, 0.25) is 5.91 Å². The average Bonchev–Trinajstić information content (AvgIpc) is 2.83. The number of hydrogen-bond acceptors (Lipinski definition) is 4. The minimum absolute atomic E-state index is 0.0135. The number of aliphatic imine (C=N–C) groups is 1. The zero-order chi connectivity index (χ0) is 19.7. The molecule has 2 heterocycles. The molecule has 0 saturated carbocycles. The molecule has 4 rings (SSSR count). The van der Waals surface area contributed by atoms with Gasteiger partial charge >= 0.3 is 0 Å². The van der Waals surface area contributed by atoms with Gasteiger partial charge in [0, 0.05) is 32.6 Å². The normalized spacial score (nSPS) is 16.5. The second-order valence-electron chi connectivity index (χ2n) is 8.61. The maximum Gasteiger partial charge on any atom is 0.223 e. The number of rotatable bonds is 1. The van der Waals surface area contributed by atoms with Gasteiger partial charge < -0.3 is 14.5 Å². The van der Waals surface area contributed by atoms with Gasteiger partial charge in [-0.25, -0.2) is 4.99 Å². The summed E-state index contributed by atoms with van der Waals surface area (Å²) < 4.78 is 6.13. The summed E-state index contributed by atoms with van der Waals surface area (Å²) in [4.78, 5) is 21.8. The molecule has 0 radical (unpaired) electrons. The third kappa shape index (κ3) is 3.88. The Kier molecular flexibility index (Phi) is 4.84. The van der Waals surface area contributed by atoms with Crippen LogP contribution in [0.5, 0.6) is 11.5 Å². The molecule has 2 aliphatic rings. The molecular weight excluding hydrogens is 350 g/mol. The van der Waals surface area contributed by atoms with E-state index >= 15 is 0 Å². The van der Waals surface area contributed by atoms with Crippen LogP contribution in [0.1, 0.15) is 32.8 Å².